The number of rotatable bonds is 3. The quantitative estimate of drug-likeness (QED) is 0.848. The predicted octanol–water partition coefficient (Wildman–Crippen LogP) is 3.23. The number of nitrogen functional groups attached to an aromatic ring is 1. The van der Waals surface area contributed by atoms with Crippen LogP contribution in [0.3, 0.4) is 0 Å². The Bertz CT molecular complexity index is 450. The topological polar surface area (TPSA) is 46.3 Å². The maximum Gasteiger partial charge on any atom is 0.253 e. The van der Waals surface area contributed by atoms with Crippen molar-refractivity contribution in [2.24, 2.45) is 5.92 Å². The van der Waals surface area contributed by atoms with Crippen LogP contribution in [0.25, 0.3) is 0 Å². The minimum absolute atomic E-state index is 0.105. The zero-order valence-electron chi connectivity index (χ0n) is 12.0. The lowest BCUT2D eigenvalue weighted by Gasteiger charge is -2.27. The Morgan fingerprint density at radius 1 is 1.32 bits per heavy atom. The Morgan fingerprint density at radius 2 is 2.00 bits per heavy atom. The molecule has 2 rings (SSSR count). The first-order chi connectivity index (χ1) is 9.08. The van der Waals surface area contributed by atoms with E-state index >= 15 is 0 Å². The van der Waals surface area contributed by atoms with Gasteiger partial charge >= 0.3 is 0 Å². The van der Waals surface area contributed by atoms with Crippen LogP contribution in [0.2, 0.25) is 0 Å². The van der Waals surface area contributed by atoms with Crippen molar-refractivity contribution in [1.82, 2.24) is 4.90 Å². The fourth-order valence-electron chi connectivity index (χ4n) is 2.87. The number of carbonyl (C=O) groups is 1. The molecule has 1 aliphatic rings. The number of nitrogens with two attached hydrogens (primary N) is 1. The fourth-order valence-corrected chi connectivity index (χ4v) is 2.87. The number of amides is 1. The van der Waals surface area contributed by atoms with Gasteiger partial charge in [0, 0.05) is 24.8 Å². The molecule has 3 heteroatoms. The number of nitrogens with zero attached hydrogens (tertiary/aromatic N) is 1. The summed E-state index contributed by atoms with van der Waals surface area (Å²) in [6.07, 6.45) is 6.50. The van der Waals surface area contributed by atoms with E-state index in [4.69, 9.17) is 5.73 Å². The van der Waals surface area contributed by atoms with Crippen LogP contribution in [0.5, 0.6) is 0 Å². The lowest BCUT2D eigenvalue weighted by molar-refractivity contribution is 0.0760. The van der Waals surface area contributed by atoms with Crippen LogP contribution in [0.15, 0.2) is 18.2 Å². The van der Waals surface area contributed by atoms with Gasteiger partial charge in [0.25, 0.3) is 5.91 Å². The normalized spacial score (nSPS) is 16.3. The summed E-state index contributed by atoms with van der Waals surface area (Å²) in [6, 6.07) is 5.52. The highest BCUT2D eigenvalue weighted by Gasteiger charge is 2.19. The monoisotopic (exact) mass is 260 g/mol. The van der Waals surface area contributed by atoms with Gasteiger partial charge in [-0.2, -0.15) is 0 Å². The van der Waals surface area contributed by atoms with Gasteiger partial charge in [0.15, 0.2) is 0 Å². The summed E-state index contributed by atoms with van der Waals surface area (Å²) >= 11 is 0. The summed E-state index contributed by atoms with van der Waals surface area (Å²) in [4.78, 5) is 14.2. The van der Waals surface area contributed by atoms with Crippen molar-refractivity contribution in [3.8, 4) is 0 Å². The molecule has 0 atom stereocenters. The standard InChI is InChI=1S/C16H24N2O/c1-12-10-14(8-9-15(12)17)16(19)18(2)11-13-6-4-3-5-7-13/h8-10,13H,3-7,11,17H2,1-2H3. The van der Waals surface area contributed by atoms with E-state index in [1.807, 2.05) is 37.1 Å². The first kappa shape index (κ1) is 13.9. The van der Waals surface area contributed by atoms with Crippen molar-refractivity contribution in [1.29, 1.82) is 0 Å². The molecule has 1 saturated carbocycles. The van der Waals surface area contributed by atoms with Gasteiger partial charge in [-0.05, 0) is 49.4 Å². The van der Waals surface area contributed by atoms with Gasteiger partial charge in [-0.15, -0.1) is 0 Å². The highest BCUT2D eigenvalue weighted by atomic mass is 16.2. The Balaban J connectivity index is 1.99. The van der Waals surface area contributed by atoms with Crippen LogP contribution < -0.4 is 5.73 Å². The summed E-state index contributed by atoms with van der Waals surface area (Å²) in [5.41, 5.74) is 8.24. The first-order valence-corrected chi connectivity index (χ1v) is 7.19. The zero-order chi connectivity index (χ0) is 13.8. The molecular formula is C16H24N2O. The highest BCUT2D eigenvalue weighted by molar-refractivity contribution is 5.94. The van der Waals surface area contributed by atoms with Gasteiger partial charge in [0.2, 0.25) is 0 Å². The highest BCUT2D eigenvalue weighted by Crippen LogP contribution is 2.24. The van der Waals surface area contributed by atoms with Crippen LogP contribution in [-0.4, -0.2) is 24.4 Å². The lowest BCUT2D eigenvalue weighted by atomic mass is 9.89. The molecule has 3 nitrogen and oxygen atoms in total. The molecule has 1 aromatic rings. The molecule has 1 aliphatic carbocycles. The summed E-state index contributed by atoms with van der Waals surface area (Å²) in [5.74, 6) is 0.784. The van der Waals surface area contributed by atoms with Gasteiger partial charge in [-0.3, -0.25) is 4.79 Å². The minimum Gasteiger partial charge on any atom is -0.399 e. The smallest absolute Gasteiger partial charge is 0.253 e. The molecule has 0 aliphatic heterocycles. The second-order valence-corrected chi connectivity index (χ2v) is 5.76. The number of hydrogen-bond donors (Lipinski definition) is 1. The lowest BCUT2D eigenvalue weighted by Crippen LogP contribution is -2.32. The third-order valence-corrected chi connectivity index (χ3v) is 4.12. The van der Waals surface area contributed by atoms with E-state index < -0.39 is 0 Å². The molecule has 1 fully saturated rings. The van der Waals surface area contributed by atoms with E-state index in [0.717, 1.165) is 23.4 Å². The van der Waals surface area contributed by atoms with Crippen LogP contribution in [-0.2, 0) is 0 Å². The first-order valence-electron chi connectivity index (χ1n) is 7.19. The van der Waals surface area contributed by atoms with Gasteiger partial charge in [-0.1, -0.05) is 19.3 Å². The van der Waals surface area contributed by atoms with Crippen molar-refractivity contribution in [3.63, 3.8) is 0 Å². The fraction of sp³-hybridized carbons (Fsp3) is 0.562. The molecule has 0 heterocycles. The third kappa shape index (κ3) is 3.49. The summed E-state index contributed by atoms with van der Waals surface area (Å²) in [5, 5.41) is 0. The molecule has 2 N–H and O–H groups in total. The van der Waals surface area contributed by atoms with E-state index in [0.29, 0.717) is 5.92 Å². The average molecular weight is 260 g/mol. The average Bonchev–Trinajstić information content (AvgIpc) is 2.42. The zero-order valence-corrected chi connectivity index (χ0v) is 12.0. The maximum atomic E-state index is 12.4. The number of hydrogen-bond acceptors (Lipinski definition) is 2. The van der Waals surface area contributed by atoms with E-state index in [2.05, 4.69) is 0 Å². The van der Waals surface area contributed by atoms with Crippen LogP contribution in [0, 0.1) is 12.8 Å². The molecular weight excluding hydrogens is 236 g/mol. The van der Waals surface area contributed by atoms with E-state index in [1.165, 1.54) is 32.1 Å². The molecule has 1 aromatic carbocycles. The maximum absolute atomic E-state index is 12.4. The molecule has 0 spiro atoms. The molecule has 0 unspecified atom stereocenters. The van der Waals surface area contributed by atoms with Crippen molar-refractivity contribution in [2.45, 2.75) is 39.0 Å². The SMILES string of the molecule is Cc1cc(C(=O)N(C)CC2CCCCC2)ccc1N. The second kappa shape index (κ2) is 6.09. The Labute approximate surface area is 115 Å². The molecule has 0 saturated heterocycles. The van der Waals surface area contributed by atoms with Crippen molar-refractivity contribution in [3.05, 3.63) is 29.3 Å². The minimum atomic E-state index is 0.105. The molecule has 1 amide bonds. The molecule has 0 radical (unpaired) electrons. The summed E-state index contributed by atoms with van der Waals surface area (Å²) in [7, 11) is 1.91. The van der Waals surface area contributed by atoms with E-state index in [1.54, 1.807) is 0 Å². The molecule has 0 aromatic heterocycles. The molecule has 0 bridgehead atoms. The van der Waals surface area contributed by atoms with Crippen LogP contribution in [0.4, 0.5) is 5.69 Å². The third-order valence-electron chi connectivity index (χ3n) is 4.12. The Morgan fingerprint density at radius 3 is 2.63 bits per heavy atom. The number of benzene rings is 1. The van der Waals surface area contributed by atoms with Gasteiger partial charge in [-0.25, -0.2) is 0 Å². The Hall–Kier alpha value is -1.51. The Kier molecular flexibility index (Phi) is 4.46. The number of aryl methyl sites for hydroxylation is 1. The predicted molar refractivity (Wildman–Crippen MR) is 79.1 cm³/mol. The van der Waals surface area contributed by atoms with E-state index in [9.17, 15) is 4.79 Å². The molecule has 104 valence electrons. The van der Waals surface area contributed by atoms with Crippen molar-refractivity contribution >= 4 is 11.6 Å². The largest absolute Gasteiger partial charge is 0.399 e. The summed E-state index contributed by atoms with van der Waals surface area (Å²) in [6.45, 7) is 2.81. The number of carbonyl (C=O) groups excluding carboxylic acids is 1. The van der Waals surface area contributed by atoms with Crippen molar-refractivity contribution < 1.29 is 4.79 Å². The van der Waals surface area contributed by atoms with Crippen molar-refractivity contribution in [2.75, 3.05) is 19.3 Å². The summed E-state index contributed by atoms with van der Waals surface area (Å²) < 4.78 is 0. The van der Waals surface area contributed by atoms with Gasteiger partial charge in [0.1, 0.15) is 0 Å². The van der Waals surface area contributed by atoms with Crippen LogP contribution >= 0.6 is 0 Å². The molecule has 19 heavy (non-hydrogen) atoms. The van der Waals surface area contributed by atoms with E-state index in [-0.39, 0.29) is 5.91 Å². The second-order valence-electron chi connectivity index (χ2n) is 5.76. The van der Waals surface area contributed by atoms with Gasteiger partial charge in [0.05, 0.1) is 0 Å². The number of anilines is 1. The van der Waals surface area contributed by atoms with Crippen LogP contribution in [0.1, 0.15) is 48.0 Å². The van der Waals surface area contributed by atoms with Gasteiger partial charge < -0.3 is 10.6 Å².